The number of nitrogens with one attached hydrogen (secondary N) is 1. The summed E-state index contributed by atoms with van der Waals surface area (Å²) < 4.78 is 4.40. The fourth-order valence-corrected chi connectivity index (χ4v) is 2.71. The van der Waals surface area contributed by atoms with E-state index >= 15 is 0 Å². The van der Waals surface area contributed by atoms with Crippen molar-refractivity contribution < 1.29 is 14.3 Å². The third-order valence-electron chi connectivity index (χ3n) is 2.75. The van der Waals surface area contributed by atoms with E-state index in [-0.39, 0.29) is 0 Å². The Morgan fingerprint density at radius 1 is 1.29 bits per heavy atom. The second-order valence-corrected chi connectivity index (χ2v) is 5.66. The minimum atomic E-state index is -0.767. The number of ether oxygens (including phenoxy) is 1. The maximum Gasteiger partial charge on any atom is 0.413 e. The van der Waals surface area contributed by atoms with Gasteiger partial charge in [0.2, 0.25) is 5.91 Å². The molecule has 0 spiro atoms. The van der Waals surface area contributed by atoms with Gasteiger partial charge >= 0.3 is 6.09 Å². The molecule has 0 saturated heterocycles. The zero-order chi connectivity index (χ0) is 15.4. The molecular formula is C14H15N3O3S. The molecule has 0 bridgehead atoms. The number of nitrogens with zero attached hydrogens (tertiary/aromatic N) is 2. The van der Waals surface area contributed by atoms with E-state index in [1.807, 2.05) is 24.3 Å². The van der Waals surface area contributed by atoms with E-state index in [1.165, 1.54) is 18.9 Å². The molecule has 0 aliphatic carbocycles. The topological polar surface area (TPSA) is 81.2 Å². The number of imide groups is 1. The minimum absolute atomic E-state index is 0.424. The van der Waals surface area contributed by atoms with Gasteiger partial charge in [0.25, 0.3) is 0 Å². The maximum atomic E-state index is 11.9. The second kappa shape index (κ2) is 6.53. The molecular weight excluding hydrogens is 290 g/mol. The van der Waals surface area contributed by atoms with Gasteiger partial charge in [0.15, 0.2) is 0 Å². The van der Waals surface area contributed by atoms with Gasteiger partial charge in [-0.2, -0.15) is 0 Å². The van der Waals surface area contributed by atoms with Crippen molar-refractivity contribution in [2.24, 2.45) is 0 Å². The Hall–Kier alpha value is -2.15. The third kappa shape index (κ3) is 3.69. The number of benzene rings is 1. The van der Waals surface area contributed by atoms with Gasteiger partial charge in [-0.1, -0.05) is 30.0 Å². The fourth-order valence-electron chi connectivity index (χ4n) is 1.72. The number of thioether (sulfide) groups is 1. The first-order valence-corrected chi connectivity index (χ1v) is 7.18. The molecule has 21 heavy (non-hydrogen) atoms. The van der Waals surface area contributed by atoms with E-state index in [0.717, 1.165) is 10.9 Å². The van der Waals surface area contributed by atoms with Crippen molar-refractivity contribution in [3.8, 4) is 0 Å². The van der Waals surface area contributed by atoms with Crippen LogP contribution in [0.3, 0.4) is 0 Å². The number of alkyl carbamates (subject to hydrolysis) is 1. The molecule has 1 aromatic carbocycles. The molecule has 2 amide bonds. The number of aromatic nitrogens is 2. The summed E-state index contributed by atoms with van der Waals surface area (Å²) in [4.78, 5) is 31.6. The van der Waals surface area contributed by atoms with E-state index in [9.17, 15) is 9.59 Å². The molecule has 2 rings (SSSR count). The van der Waals surface area contributed by atoms with Crippen LogP contribution in [-0.2, 0) is 9.53 Å². The van der Waals surface area contributed by atoms with Crippen molar-refractivity contribution in [2.75, 3.05) is 7.11 Å². The lowest BCUT2D eigenvalue weighted by Gasteiger charge is -2.12. The molecule has 1 atom stereocenters. The van der Waals surface area contributed by atoms with Crippen LogP contribution in [0.4, 0.5) is 4.79 Å². The van der Waals surface area contributed by atoms with Crippen LogP contribution >= 0.6 is 11.8 Å². The highest BCUT2D eigenvalue weighted by Gasteiger charge is 2.19. The Balaban J connectivity index is 2.23. The normalized spacial score (nSPS) is 12.0. The van der Waals surface area contributed by atoms with E-state index in [1.54, 1.807) is 13.8 Å². The molecule has 0 aliphatic rings. The minimum Gasteiger partial charge on any atom is -0.453 e. The van der Waals surface area contributed by atoms with Crippen molar-refractivity contribution in [3.63, 3.8) is 0 Å². The van der Waals surface area contributed by atoms with Crippen molar-refractivity contribution in [2.45, 2.75) is 24.1 Å². The Bertz CT molecular complexity index is 690. The molecule has 0 fully saturated rings. The van der Waals surface area contributed by atoms with Crippen LogP contribution in [0.5, 0.6) is 0 Å². The zero-order valence-corrected chi connectivity index (χ0v) is 12.7. The largest absolute Gasteiger partial charge is 0.453 e. The summed E-state index contributed by atoms with van der Waals surface area (Å²) in [5, 5.41) is 3.26. The lowest BCUT2D eigenvalue weighted by molar-refractivity contribution is -0.119. The Morgan fingerprint density at radius 3 is 2.71 bits per heavy atom. The number of aryl methyl sites for hydroxylation is 1. The number of amides is 2. The number of rotatable bonds is 3. The van der Waals surface area contributed by atoms with Crippen molar-refractivity contribution >= 4 is 34.7 Å². The number of hydrogen-bond donors (Lipinski definition) is 1. The zero-order valence-electron chi connectivity index (χ0n) is 11.9. The highest BCUT2D eigenvalue weighted by molar-refractivity contribution is 8.00. The lowest BCUT2D eigenvalue weighted by Crippen LogP contribution is -2.35. The van der Waals surface area contributed by atoms with Gasteiger partial charge < -0.3 is 4.74 Å². The first-order valence-electron chi connectivity index (χ1n) is 6.30. The first kappa shape index (κ1) is 15.2. The number of methoxy groups -OCH3 is 1. The van der Waals surface area contributed by atoms with Gasteiger partial charge in [-0.05, 0) is 19.9 Å². The van der Waals surface area contributed by atoms with E-state index in [4.69, 9.17) is 0 Å². The second-order valence-electron chi connectivity index (χ2n) is 4.33. The summed E-state index contributed by atoms with van der Waals surface area (Å²) in [6.07, 6.45) is -0.767. The quantitative estimate of drug-likeness (QED) is 0.692. The molecule has 0 unspecified atom stereocenters. The van der Waals surface area contributed by atoms with Crippen molar-refractivity contribution in [1.82, 2.24) is 15.3 Å². The van der Waals surface area contributed by atoms with Crippen LogP contribution in [0.2, 0.25) is 0 Å². The van der Waals surface area contributed by atoms with Crippen molar-refractivity contribution in [1.29, 1.82) is 0 Å². The number of fused-ring (bicyclic) bond motifs is 1. The van der Waals surface area contributed by atoms with Crippen LogP contribution in [0.15, 0.2) is 29.3 Å². The highest BCUT2D eigenvalue weighted by Crippen LogP contribution is 2.28. The maximum absolute atomic E-state index is 11.9. The van der Waals surface area contributed by atoms with Crippen LogP contribution in [0, 0.1) is 6.92 Å². The van der Waals surface area contributed by atoms with Crippen molar-refractivity contribution in [3.05, 3.63) is 30.1 Å². The molecule has 2 aromatic rings. The Labute approximate surface area is 126 Å². The summed E-state index contributed by atoms with van der Waals surface area (Å²) in [6.45, 7) is 3.50. The van der Waals surface area contributed by atoms with E-state index < -0.39 is 17.3 Å². The third-order valence-corrected chi connectivity index (χ3v) is 3.85. The average molecular weight is 305 g/mol. The standard InChI is InChI=1S/C14H15N3O3S/c1-8(12(18)17-14(19)20-3)21-13-10-6-4-5-7-11(10)15-9(2)16-13/h4-8H,1-3H3,(H,17,18,19)/t8-/m1/s1. The van der Waals surface area contributed by atoms with Crippen LogP contribution in [0.1, 0.15) is 12.7 Å². The van der Waals surface area contributed by atoms with Gasteiger partial charge in [0, 0.05) is 5.39 Å². The summed E-state index contributed by atoms with van der Waals surface area (Å²) in [5.74, 6) is 0.212. The molecule has 0 saturated carbocycles. The molecule has 7 heteroatoms. The molecule has 0 radical (unpaired) electrons. The highest BCUT2D eigenvalue weighted by atomic mass is 32.2. The number of para-hydroxylation sites is 1. The molecule has 6 nitrogen and oxygen atoms in total. The number of hydrogen-bond acceptors (Lipinski definition) is 6. The van der Waals surface area contributed by atoms with Crippen LogP contribution in [0.25, 0.3) is 10.9 Å². The van der Waals surface area contributed by atoms with Gasteiger partial charge in [0.05, 0.1) is 17.9 Å². The average Bonchev–Trinajstić information content (AvgIpc) is 2.46. The van der Waals surface area contributed by atoms with Gasteiger partial charge in [-0.25, -0.2) is 14.8 Å². The summed E-state index contributed by atoms with van der Waals surface area (Å²) >= 11 is 1.28. The summed E-state index contributed by atoms with van der Waals surface area (Å²) in [5.41, 5.74) is 0.827. The molecule has 1 N–H and O–H groups in total. The number of carbonyl (C=O) groups is 2. The van der Waals surface area contributed by atoms with Crippen LogP contribution < -0.4 is 5.32 Å². The Kier molecular flexibility index (Phi) is 4.74. The molecule has 0 aliphatic heterocycles. The SMILES string of the molecule is COC(=O)NC(=O)[C@@H](C)Sc1nc(C)nc2ccccc12. The Morgan fingerprint density at radius 2 is 2.00 bits per heavy atom. The summed E-state index contributed by atoms with van der Waals surface area (Å²) in [6, 6.07) is 7.59. The van der Waals surface area contributed by atoms with Gasteiger partial charge in [-0.15, -0.1) is 0 Å². The predicted octanol–water partition coefficient (Wildman–Crippen LogP) is 2.30. The molecule has 110 valence electrons. The first-order chi connectivity index (χ1) is 10.0. The smallest absolute Gasteiger partial charge is 0.413 e. The van der Waals surface area contributed by atoms with E-state index in [0.29, 0.717) is 10.9 Å². The lowest BCUT2D eigenvalue weighted by atomic mass is 10.2. The fraction of sp³-hybridized carbons (Fsp3) is 0.286. The summed E-state index contributed by atoms with van der Waals surface area (Å²) in [7, 11) is 1.21. The molecule has 1 aromatic heterocycles. The molecule has 1 heterocycles. The number of carbonyl (C=O) groups excluding carboxylic acids is 2. The van der Waals surface area contributed by atoms with E-state index in [2.05, 4.69) is 20.0 Å². The van der Waals surface area contributed by atoms with Gasteiger partial charge in [0.1, 0.15) is 10.9 Å². The predicted molar refractivity (Wildman–Crippen MR) is 80.1 cm³/mol. The van der Waals surface area contributed by atoms with Gasteiger partial charge in [-0.3, -0.25) is 10.1 Å². The monoisotopic (exact) mass is 305 g/mol. The van der Waals surface area contributed by atoms with Crippen LogP contribution in [-0.4, -0.2) is 34.3 Å².